The number of nitrogen functional groups attached to an aromatic ring is 1. The highest BCUT2D eigenvalue weighted by Crippen LogP contribution is 2.26. The van der Waals surface area contributed by atoms with Crippen molar-refractivity contribution in [1.29, 1.82) is 0 Å². The lowest BCUT2D eigenvalue weighted by atomic mass is 10.2. The molecule has 0 saturated carbocycles. The number of hydrogen-bond donors (Lipinski definition) is 2. The van der Waals surface area contributed by atoms with E-state index in [-0.39, 0.29) is 10.6 Å². The second-order valence-corrected chi connectivity index (χ2v) is 6.25. The fourth-order valence-electron chi connectivity index (χ4n) is 1.61. The van der Waals surface area contributed by atoms with Gasteiger partial charge >= 0.3 is 0 Å². The van der Waals surface area contributed by atoms with E-state index in [1.165, 1.54) is 12.1 Å². The van der Waals surface area contributed by atoms with Crippen molar-refractivity contribution >= 4 is 33.0 Å². The zero-order valence-electron chi connectivity index (χ0n) is 10.2. The summed E-state index contributed by atoms with van der Waals surface area (Å²) in [4.78, 5) is 0.186. The van der Waals surface area contributed by atoms with E-state index in [9.17, 15) is 8.42 Å². The van der Waals surface area contributed by atoms with E-state index >= 15 is 0 Å². The molecule has 0 aliphatic carbocycles. The van der Waals surface area contributed by atoms with Gasteiger partial charge in [0.05, 0.1) is 15.6 Å². The van der Waals surface area contributed by atoms with Crippen molar-refractivity contribution in [3.05, 3.63) is 53.1 Å². The molecule has 2 aromatic rings. The third-order valence-corrected chi connectivity index (χ3v) is 4.23. The maximum atomic E-state index is 12.2. The molecule has 19 heavy (non-hydrogen) atoms. The Morgan fingerprint density at radius 3 is 2.58 bits per heavy atom. The van der Waals surface area contributed by atoms with E-state index in [4.69, 9.17) is 17.3 Å². The normalized spacial score (nSPS) is 11.3. The van der Waals surface area contributed by atoms with E-state index in [2.05, 4.69) is 4.72 Å². The summed E-state index contributed by atoms with van der Waals surface area (Å²) in [5, 5.41) is 0.297. The summed E-state index contributed by atoms with van der Waals surface area (Å²) in [6.45, 7) is 1.83. The third kappa shape index (κ3) is 3.19. The zero-order valence-corrected chi connectivity index (χ0v) is 11.8. The molecule has 100 valence electrons. The Hall–Kier alpha value is -1.72. The van der Waals surface area contributed by atoms with Gasteiger partial charge in [0.1, 0.15) is 0 Å². The molecule has 0 aliphatic rings. The van der Waals surface area contributed by atoms with Crippen molar-refractivity contribution in [1.82, 2.24) is 0 Å². The maximum absolute atomic E-state index is 12.2. The smallest absolute Gasteiger partial charge is 0.261 e. The Bertz CT molecular complexity index is 714. The van der Waals surface area contributed by atoms with Gasteiger partial charge in [0.15, 0.2) is 0 Å². The molecule has 0 heterocycles. The minimum absolute atomic E-state index is 0.186. The van der Waals surface area contributed by atoms with Crippen LogP contribution in [0.2, 0.25) is 5.02 Å². The fraction of sp³-hybridized carbons (Fsp3) is 0.0769. The van der Waals surface area contributed by atoms with Crippen LogP contribution in [0.25, 0.3) is 0 Å². The van der Waals surface area contributed by atoms with Gasteiger partial charge in [0, 0.05) is 5.69 Å². The van der Waals surface area contributed by atoms with Gasteiger partial charge in [0.25, 0.3) is 10.0 Å². The summed E-state index contributed by atoms with van der Waals surface area (Å²) >= 11 is 5.94. The lowest BCUT2D eigenvalue weighted by molar-refractivity contribution is 0.601. The molecule has 0 saturated heterocycles. The Labute approximate surface area is 117 Å². The summed E-state index contributed by atoms with van der Waals surface area (Å²) in [6, 6.07) is 11.3. The van der Waals surface area contributed by atoms with Crippen LogP contribution in [0, 0.1) is 6.92 Å². The van der Waals surface area contributed by atoms with E-state index in [1.807, 2.05) is 13.0 Å². The topological polar surface area (TPSA) is 72.2 Å². The molecule has 4 nitrogen and oxygen atoms in total. The van der Waals surface area contributed by atoms with E-state index in [1.54, 1.807) is 24.3 Å². The monoisotopic (exact) mass is 296 g/mol. The molecule has 0 atom stereocenters. The number of nitrogens with one attached hydrogen (secondary N) is 1. The van der Waals surface area contributed by atoms with Gasteiger partial charge in [-0.05, 0) is 42.8 Å². The van der Waals surface area contributed by atoms with Gasteiger partial charge in [0.2, 0.25) is 0 Å². The molecule has 3 N–H and O–H groups in total. The van der Waals surface area contributed by atoms with Crippen LogP contribution in [-0.2, 0) is 10.0 Å². The first-order chi connectivity index (χ1) is 8.88. The Kier molecular flexibility index (Phi) is 3.68. The Morgan fingerprint density at radius 1 is 1.16 bits per heavy atom. The molecule has 0 bridgehead atoms. The molecule has 0 aromatic heterocycles. The highest BCUT2D eigenvalue weighted by Gasteiger charge is 2.15. The van der Waals surface area contributed by atoms with Gasteiger partial charge in [-0.1, -0.05) is 23.7 Å². The average molecular weight is 297 g/mol. The summed E-state index contributed by atoms with van der Waals surface area (Å²) < 4.78 is 26.8. The highest BCUT2D eigenvalue weighted by atomic mass is 35.5. The van der Waals surface area contributed by atoms with Crippen molar-refractivity contribution in [2.24, 2.45) is 0 Å². The lowest BCUT2D eigenvalue weighted by Crippen LogP contribution is -2.13. The predicted octanol–water partition coefficient (Wildman–Crippen LogP) is 3.03. The second kappa shape index (κ2) is 5.11. The SMILES string of the molecule is Cc1cccc(S(=O)(=O)Nc2cc(N)ccc2Cl)c1. The molecule has 0 spiro atoms. The number of aryl methyl sites for hydroxylation is 1. The van der Waals surface area contributed by atoms with Crippen LogP contribution >= 0.6 is 11.6 Å². The number of sulfonamides is 1. The quantitative estimate of drug-likeness (QED) is 0.855. The van der Waals surface area contributed by atoms with Crippen LogP contribution in [0.15, 0.2) is 47.4 Å². The lowest BCUT2D eigenvalue weighted by Gasteiger charge is -2.10. The maximum Gasteiger partial charge on any atom is 0.261 e. The first kappa shape index (κ1) is 13.7. The van der Waals surface area contributed by atoms with E-state index < -0.39 is 10.0 Å². The standard InChI is InChI=1S/C13H13ClN2O2S/c1-9-3-2-4-11(7-9)19(17,18)16-13-8-10(15)5-6-12(13)14/h2-8,16H,15H2,1H3. The zero-order chi connectivity index (χ0) is 14.0. The molecule has 0 aliphatic heterocycles. The Morgan fingerprint density at radius 2 is 1.89 bits per heavy atom. The number of halogens is 1. The van der Waals surface area contributed by atoms with Crippen LogP contribution in [0.5, 0.6) is 0 Å². The van der Waals surface area contributed by atoms with Gasteiger partial charge in [-0.25, -0.2) is 8.42 Å². The largest absolute Gasteiger partial charge is 0.399 e. The third-order valence-electron chi connectivity index (χ3n) is 2.53. The Balaban J connectivity index is 2.39. The highest BCUT2D eigenvalue weighted by molar-refractivity contribution is 7.92. The summed E-state index contributed by atoms with van der Waals surface area (Å²) in [6.07, 6.45) is 0. The summed E-state index contributed by atoms with van der Waals surface area (Å²) in [5.74, 6) is 0. The van der Waals surface area contributed by atoms with Crippen LogP contribution in [0.1, 0.15) is 5.56 Å². The minimum Gasteiger partial charge on any atom is -0.399 e. The number of rotatable bonds is 3. The first-order valence-corrected chi connectivity index (χ1v) is 7.39. The molecule has 0 fully saturated rings. The predicted molar refractivity (Wildman–Crippen MR) is 77.9 cm³/mol. The van der Waals surface area contributed by atoms with Gasteiger partial charge in [-0.2, -0.15) is 0 Å². The van der Waals surface area contributed by atoms with E-state index in [0.29, 0.717) is 10.7 Å². The average Bonchev–Trinajstić information content (AvgIpc) is 2.33. The van der Waals surface area contributed by atoms with Crippen LogP contribution in [0.3, 0.4) is 0 Å². The summed E-state index contributed by atoms with van der Waals surface area (Å²) in [5.41, 5.74) is 7.18. The fourth-order valence-corrected chi connectivity index (χ4v) is 3.00. The van der Waals surface area contributed by atoms with Crippen molar-refractivity contribution in [3.63, 3.8) is 0 Å². The van der Waals surface area contributed by atoms with Crippen molar-refractivity contribution in [3.8, 4) is 0 Å². The molecule has 0 unspecified atom stereocenters. The number of hydrogen-bond acceptors (Lipinski definition) is 3. The first-order valence-electron chi connectivity index (χ1n) is 5.53. The second-order valence-electron chi connectivity index (χ2n) is 4.16. The molecule has 2 rings (SSSR count). The van der Waals surface area contributed by atoms with E-state index in [0.717, 1.165) is 5.56 Å². The molecule has 0 radical (unpaired) electrons. The van der Waals surface area contributed by atoms with Crippen LogP contribution < -0.4 is 10.5 Å². The minimum atomic E-state index is -3.67. The van der Waals surface area contributed by atoms with Crippen molar-refractivity contribution in [2.45, 2.75) is 11.8 Å². The van der Waals surface area contributed by atoms with Gasteiger partial charge in [-0.15, -0.1) is 0 Å². The summed E-state index contributed by atoms with van der Waals surface area (Å²) in [7, 11) is -3.67. The molecule has 2 aromatic carbocycles. The molecular weight excluding hydrogens is 284 g/mol. The van der Waals surface area contributed by atoms with Crippen molar-refractivity contribution < 1.29 is 8.42 Å². The van der Waals surface area contributed by atoms with Crippen LogP contribution in [0.4, 0.5) is 11.4 Å². The van der Waals surface area contributed by atoms with Crippen molar-refractivity contribution in [2.75, 3.05) is 10.5 Å². The number of nitrogens with two attached hydrogens (primary N) is 1. The van der Waals surface area contributed by atoms with Crippen LogP contribution in [-0.4, -0.2) is 8.42 Å². The van der Waals surface area contributed by atoms with Gasteiger partial charge in [-0.3, -0.25) is 4.72 Å². The molecule has 6 heteroatoms. The van der Waals surface area contributed by atoms with Gasteiger partial charge < -0.3 is 5.73 Å². The molecular formula is C13H13ClN2O2S. The molecule has 0 amide bonds. The number of benzene rings is 2. The number of anilines is 2.